The van der Waals surface area contributed by atoms with E-state index in [-0.39, 0.29) is 18.1 Å². The van der Waals surface area contributed by atoms with Crippen LogP contribution in [0.1, 0.15) is 16.8 Å². The van der Waals surface area contributed by atoms with Crippen molar-refractivity contribution in [3.63, 3.8) is 0 Å². The minimum absolute atomic E-state index is 0.0821. The van der Waals surface area contributed by atoms with Crippen molar-refractivity contribution in [1.82, 2.24) is 10.3 Å². The Bertz CT molecular complexity index is 897. The number of amides is 1. The molecule has 0 aliphatic heterocycles. The Balaban J connectivity index is 1.48. The standard InChI is InChI=1S/C20H19FN2O2S2/c1-25-18-5-3-2-4-15(18)11-22-19(24)10-17-13-27-20(23-17)26-12-14-6-8-16(21)9-7-14/h2-9,13H,10-12H2,1H3,(H,22,24). The number of thiazole rings is 1. The number of carbonyl (C=O) groups excluding carboxylic acids is 1. The van der Waals surface area contributed by atoms with Crippen LogP contribution in [0.3, 0.4) is 0 Å². The van der Waals surface area contributed by atoms with Gasteiger partial charge in [0.1, 0.15) is 15.9 Å². The second-order valence-electron chi connectivity index (χ2n) is 5.79. The number of halogens is 1. The molecule has 27 heavy (non-hydrogen) atoms. The number of benzene rings is 2. The van der Waals surface area contributed by atoms with Gasteiger partial charge >= 0.3 is 0 Å². The highest BCUT2D eigenvalue weighted by Crippen LogP contribution is 2.26. The number of hydrogen-bond donors (Lipinski definition) is 1. The lowest BCUT2D eigenvalue weighted by Crippen LogP contribution is -2.24. The first kappa shape index (κ1) is 19.4. The van der Waals surface area contributed by atoms with Crippen molar-refractivity contribution in [2.45, 2.75) is 23.1 Å². The summed E-state index contributed by atoms with van der Waals surface area (Å²) in [5.41, 5.74) is 2.72. The molecule has 1 N–H and O–H groups in total. The maximum absolute atomic E-state index is 12.9. The molecule has 2 aromatic carbocycles. The number of para-hydroxylation sites is 1. The number of ether oxygens (including phenoxy) is 1. The van der Waals surface area contributed by atoms with Gasteiger partial charge in [-0.25, -0.2) is 9.37 Å². The Morgan fingerprint density at radius 2 is 2.00 bits per heavy atom. The fourth-order valence-electron chi connectivity index (χ4n) is 2.43. The number of methoxy groups -OCH3 is 1. The van der Waals surface area contributed by atoms with E-state index in [4.69, 9.17) is 4.74 Å². The lowest BCUT2D eigenvalue weighted by atomic mass is 10.2. The van der Waals surface area contributed by atoms with Crippen molar-refractivity contribution >= 4 is 29.0 Å². The summed E-state index contributed by atoms with van der Waals surface area (Å²) in [4.78, 5) is 16.7. The molecule has 0 spiro atoms. The maximum atomic E-state index is 12.9. The number of carbonyl (C=O) groups is 1. The molecule has 0 fully saturated rings. The summed E-state index contributed by atoms with van der Waals surface area (Å²) >= 11 is 3.09. The number of aromatic nitrogens is 1. The predicted octanol–water partition coefficient (Wildman–Crippen LogP) is 4.44. The second kappa shape index (κ2) is 9.53. The first-order chi connectivity index (χ1) is 13.1. The number of hydrogen-bond acceptors (Lipinski definition) is 5. The van der Waals surface area contributed by atoms with Gasteiger partial charge in [-0.05, 0) is 23.8 Å². The van der Waals surface area contributed by atoms with Crippen LogP contribution < -0.4 is 10.1 Å². The SMILES string of the molecule is COc1ccccc1CNC(=O)Cc1csc(SCc2ccc(F)cc2)n1. The van der Waals surface area contributed by atoms with Crippen molar-refractivity contribution < 1.29 is 13.9 Å². The van der Waals surface area contributed by atoms with E-state index in [9.17, 15) is 9.18 Å². The monoisotopic (exact) mass is 402 g/mol. The first-order valence-corrected chi connectivity index (χ1v) is 10.2. The third-order valence-corrected chi connectivity index (χ3v) is 5.96. The average molecular weight is 403 g/mol. The predicted molar refractivity (Wildman–Crippen MR) is 107 cm³/mol. The third kappa shape index (κ3) is 5.80. The molecule has 1 heterocycles. The highest BCUT2D eigenvalue weighted by atomic mass is 32.2. The number of thioether (sulfide) groups is 1. The van der Waals surface area contributed by atoms with E-state index in [2.05, 4.69) is 10.3 Å². The summed E-state index contributed by atoms with van der Waals surface area (Å²) < 4.78 is 19.1. The molecule has 0 unspecified atom stereocenters. The van der Waals surface area contributed by atoms with Gasteiger partial charge in [0, 0.05) is 23.2 Å². The second-order valence-corrected chi connectivity index (χ2v) is 7.87. The summed E-state index contributed by atoms with van der Waals surface area (Å²) in [7, 11) is 1.61. The van der Waals surface area contributed by atoms with E-state index >= 15 is 0 Å². The van der Waals surface area contributed by atoms with Gasteiger partial charge in [-0.3, -0.25) is 4.79 Å². The minimum Gasteiger partial charge on any atom is -0.496 e. The molecule has 0 bridgehead atoms. The lowest BCUT2D eigenvalue weighted by Gasteiger charge is -2.09. The van der Waals surface area contributed by atoms with Crippen LogP contribution in [0.5, 0.6) is 5.75 Å². The lowest BCUT2D eigenvalue weighted by molar-refractivity contribution is -0.120. The smallest absolute Gasteiger partial charge is 0.226 e. The Morgan fingerprint density at radius 1 is 1.22 bits per heavy atom. The van der Waals surface area contributed by atoms with Crippen LogP contribution >= 0.6 is 23.1 Å². The Hall–Kier alpha value is -2.38. The molecule has 0 saturated carbocycles. The van der Waals surface area contributed by atoms with Gasteiger partial charge in [0.2, 0.25) is 5.91 Å². The molecule has 0 radical (unpaired) electrons. The Labute approximate surface area is 165 Å². The molecule has 1 aromatic heterocycles. The highest BCUT2D eigenvalue weighted by molar-refractivity contribution is 8.00. The topological polar surface area (TPSA) is 51.2 Å². The fourth-order valence-corrected chi connectivity index (χ4v) is 4.23. The van der Waals surface area contributed by atoms with E-state index in [0.717, 1.165) is 26.9 Å². The molecule has 140 valence electrons. The third-order valence-electron chi connectivity index (χ3n) is 3.82. The summed E-state index contributed by atoms with van der Waals surface area (Å²) in [5, 5.41) is 4.80. The zero-order valence-electron chi connectivity index (χ0n) is 14.8. The van der Waals surface area contributed by atoms with Crippen LogP contribution in [0.2, 0.25) is 0 Å². The van der Waals surface area contributed by atoms with Crippen molar-refractivity contribution in [2.24, 2.45) is 0 Å². The van der Waals surface area contributed by atoms with Gasteiger partial charge in [0.05, 0.1) is 19.2 Å². The summed E-state index contributed by atoms with van der Waals surface area (Å²) in [6.45, 7) is 0.416. The van der Waals surface area contributed by atoms with Gasteiger partial charge < -0.3 is 10.1 Å². The summed E-state index contributed by atoms with van der Waals surface area (Å²) in [5.74, 6) is 1.15. The van der Waals surface area contributed by atoms with E-state index in [1.54, 1.807) is 31.0 Å². The van der Waals surface area contributed by atoms with E-state index in [1.807, 2.05) is 29.6 Å². The van der Waals surface area contributed by atoms with Crippen LogP contribution in [0.4, 0.5) is 4.39 Å². The first-order valence-electron chi connectivity index (χ1n) is 8.34. The van der Waals surface area contributed by atoms with Crippen molar-refractivity contribution in [3.8, 4) is 5.75 Å². The van der Waals surface area contributed by atoms with Gasteiger partial charge in [-0.2, -0.15) is 0 Å². The highest BCUT2D eigenvalue weighted by Gasteiger charge is 2.10. The van der Waals surface area contributed by atoms with E-state index in [1.165, 1.54) is 23.5 Å². The zero-order chi connectivity index (χ0) is 19.1. The number of nitrogens with one attached hydrogen (secondary N) is 1. The van der Waals surface area contributed by atoms with Gasteiger partial charge in [-0.15, -0.1) is 11.3 Å². The Morgan fingerprint density at radius 3 is 2.78 bits per heavy atom. The van der Waals surface area contributed by atoms with Crippen LogP contribution in [0, 0.1) is 5.82 Å². The van der Waals surface area contributed by atoms with Crippen molar-refractivity contribution in [3.05, 3.63) is 76.5 Å². The molecule has 3 aromatic rings. The van der Waals surface area contributed by atoms with Crippen LogP contribution in [0.25, 0.3) is 0 Å². The molecular formula is C20H19FN2O2S2. The molecule has 4 nitrogen and oxygen atoms in total. The normalized spacial score (nSPS) is 10.6. The van der Waals surface area contributed by atoms with Gasteiger partial charge in [-0.1, -0.05) is 42.1 Å². The molecule has 0 saturated heterocycles. The van der Waals surface area contributed by atoms with Crippen LogP contribution in [-0.2, 0) is 23.5 Å². The molecule has 0 atom stereocenters. The van der Waals surface area contributed by atoms with Crippen LogP contribution in [0.15, 0.2) is 58.3 Å². The Kier molecular flexibility index (Phi) is 6.84. The molecular weight excluding hydrogens is 383 g/mol. The molecule has 0 aliphatic rings. The van der Waals surface area contributed by atoms with Crippen molar-refractivity contribution in [2.75, 3.05) is 7.11 Å². The summed E-state index contributed by atoms with van der Waals surface area (Å²) in [6, 6.07) is 14.0. The number of nitrogens with zero attached hydrogens (tertiary/aromatic N) is 1. The van der Waals surface area contributed by atoms with Gasteiger partial charge in [0.15, 0.2) is 0 Å². The molecule has 0 aliphatic carbocycles. The van der Waals surface area contributed by atoms with Crippen LogP contribution in [-0.4, -0.2) is 18.0 Å². The molecule has 7 heteroatoms. The maximum Gasteiger partial charge on any atom is 0.226 e. The zero-order valence-corrected chi connectivity index (χ0v) is 16.4. The molecule has 3 rings (SSSR count). The van der Waals surface area contributed by atoms with Crippen molar-refractivity contribution in [1.29, 1.82) is 0 Å². The van der Waals surface area contributed by atoms with Gasteiger partial charge in [0.25, 0.3) is 0 Å². The summed E-state index contributed by atoms with van der Waals surface area (Å²) in [6.07, 6.45) is 0.239. The minimum atomic E-state index is -0.237. The quantitative estimate of drug-likeness (QED) is 0.566. The molecule has 1 amide bonds. The van der Waals surface area contributed by atoms with E-state index < -0.39 is 0 Å². The number of rotatable bonds is 8. The fraction of sp³-hybridized carbons (Fsp3) is 0.200. The van der Waals surface area contributed by atoms with E-state index in [0.29, 0.717) is 12.3 Å². The largest absolute Gasteiger partial charge is 0.496 e. The average Bonchev–Trinajstić information content (AvgIpc) is 3.13.